The predicted octanol–water partition coefficient (Wildman–Crippen LogP) is 3.31. The molecule has 0 bridgehead atoms. The number of benzene rings is 1. The van der Waals surface area contributed by atoms with E-state index in [-0.39, 0.29) is 11.3 Å². The SMILES string of the molecule is CCCCNC(=O)CNc1ccc(C(C)(C)C)cc1. The molecular formula is C16H26N2O. The fraction of sp³-hybridized carbons (Fsp3) is 0.562. The largest absolute Gasteiger partial charge is 0.376 e. The quantitative estimate of drug-likeness (QED) is 0.772. The van der Waals surface area contributed by atoms with E-state index in [4.69, 9.17) is 0 Å². The summed E-state index contributed by atoms with van der Waals surface area (Å²) in [7, 11) is 0. The van der Waals surface area contributed by atoms with E-state index in [1.165, 1.54) is 5.56 Å². The molecular weight excluding hydrogens is 236 g/mol. The maximum Gasteiger partial charge on any atom is 0.239 e. The summed E-state index contributed by atoms with van der Waals surface area (Å²) in [6.45, 7) is 9.78. The van der Waals surface area contributed by atoms with E-state index in [9.17, 15) is 4.79 Å². The highest BCUT2D eigenvalue weighted by Crippen LogP contribution is 2.23. The van der Waals surface area contributed by atoms with E-state index in [1.54, 1.807) is 0 Å². The Morgan fingerprint density at radius 2 is 1.79 bits per heavy atom. The van der Waals surface area contributed by atoms with Crippen LogP contribution < -0.4 is 10.6 Å². The summed E-state index contributed by atoms with van der Waals surface area (Å²) in [4.78, 5) is 11.5. The van der Waals surface area contributed by atoms with Crippen molar-refractivity contribution < 1.29 is 4.79 Å². The lowest BCUT2D eigenvalue weighted by Gasteiger charge is -2.19. The Balaban J connectivity index is 2.40. The molecule has 0 spiro atoms. The molecule has 0 radical (unpaired) electrons. The van der Waals surface area contributed by atoms with Gasteiger partial charge >= 0.3 is 0 Å². The first-order valence-electron chi connectivity index (χ1n) is 7.04. The number of rotatable bonds is 6. The first kappa shape index (κ1) is 15.5. The molecule has 1 amide bonds. The number of carbonyl (C=O) groups excluding carboxylic acids is 1. The van der Waals surface area contributed by atoms with Crippen molar-refractivity contribution in [2.24, 2.45) is 0 Å². The number of amides is 1. The molecule has 0 unspecified atom stereocenters. The fourth-order valence-electron chi connectivity index (χ4n) is 1.74. The van der Waals surface area contributed by atoms with Crippen molar-refractivity contribution in [1.82, 2.24) is 5.32 Å². The summed E-state index contributed by atoms with van der Waals surface area (Å²) in [6.07, 6.45) is 2.13. The van der Waals surface area contributed by atoms with Gasteiger partial charge in [0, 0.05) is 12.2 Å². The number of unbranched alkanes of at least 4 members (excludes halogenated alkanes) is 1. The second-order valence-corrected chi connectivity index (χ2v) is 5.88. The van der Waals surface area contributed by atoms with Crippen LogP contribution >= 0.6 is 0 Å². The maximum absolute atomic E-state index is 11.5. The summed E-state index contributed by atoms with van der Waals surface area (Å²) in [6, 6.07) is 8.27. The van der Waals surface area contributed by atoms with Crippen molar-refractivity contribution in [2.45, 2.75) is 46.0 Å². The summed E-state index contributed by atoms with van der Waals surface area (Å²) in [5, 5.41) is 6.03. The van der Waals surface area contributed by atoms with Crippen molar-refractivity contribution in [3.8, 4) is 0 Å². The summed E-state index contributed by atoms with van der Waals surface area (Å²) >= 11 is 0. The zero-order valence-corrected chi connectivity index (χ0v) is 12.5. The zero-order chi connectivity index (χ0) is 14.3. The molecule has 3 nitrogen and oxygen atoms in total. The fourth-order valence-corrected chi connectivity index (χ4v) is 1.74. The van der Waals surface area contributed by atoms with Crippen LogP contribution in [0.3, 0.4) is 0 Å². The second-order valence-electron chi connectivity index (χ2n) is 5.88. The van der Waals surface area contributed by atoms with Crippen molar-refractivity contribution in [2.75, 3.05) is 18.4 Å². The molecule has 0 saturated heterocycles. The average Bonchev–Trinajstić information content (AvgIpc) is 2.36. The van der Waals surface area contributed by atoms with Gasteiger partial charge < -0.3 is 10.6 Å². The predicted molar refractivity (Wildman–Crippen MR) is 81.5 cm³/mol. The minimum Gasteiger partial charge on any atom is -0.376 e. The molecule has 0 aliphatic rings. The summed E-state index contributed by atoms with van der Waals surface area (Å²) in [5.41, 5.74) is 2.44. The summed E-state index contributed by atoms with van der Waals surface area (Å²) in [5.74, 6) is 0.0494. The van der Waals surface area contributed by atoms with Gasteiger partial charge in [0.1, 0.15) is 0 Å². The average molecular weight is 262 g/mol. The second kappa shape index (κ2) is 7.17. The van der Waals surface area contributed by atoms with Crippen LogP contribution in [-0.4, -0.2) is 19.0 Å². The minimum absolute atomic E-state index is 0.0494. The van der Waals surface area contributed by atoms with Gasteiger partial charge in [0.2, 0.25) is 5.91 Å². The van der Waals surface area contributed by atoms with E-state index in [0.29, 0.717) is 6.54 Å². The van der Waals surface area contributed by atoms with Crippen LogP contribution in [0.15, 0.2) is 24.3 Å². The molecule has 0 aromatic heterocycles. The molecule has 0 atom stereocenters. The van der Waals surface area contributed by atoms with Gasteiger partial charge in [-0.1, -0.05) is 46.2 Å². The lowest BCUT2D eigenvalue weighted by atomic mass is 9.87. The first-order valence-corrected chi connectivity index (χ1v) is 7.04. The Labute approximate surface area is 116 Å². The molecule has 1 rings (SSSR count). The van der Waals surface area contributed by atoms with Crippen molar-refractivity contribution in [1.29, 1.82) is 0 Å². The molecule has 2 N–H and O–H groups in total. The Morgan fingerprint density at radius 3 is 2.32 bits per heavy atom. The highest BCUT2D eigenvalue weighted by atomic mass is 16.1. The van der Waals surface area contributed by atoms with Crippen LogP contribution in [0.2, 0.25) is 0 Å². The number of nitrogens with one attached hydrogen (secondary N) is 2. The van der Waals surface area contributed by atoms with Crippen LogP contribution in [0.25, 0.3) is 0 Å². The molecule has 0 aliphatic carbocycles. The Hall–Kier alpha value is -1.51. The van der Waals surface area contributed by atoms with Crippen molar-refractivity contribution >= 4 is 11.6 Å². The molecule has 0 saturated carbocycles. The van der Waals surface area contributed by atoms with E-state index < -0.39 is 0 Å². The lowest BCUT2D eigenvalue weighted by molar-refractivity contribution is -0.119. The number of anilines is 1. The number of hydrogen-bond acceptors (Lipinski definition) is 2. The third-order valence-corrected chi connectivity index (χ3v) is 3.06. The highest BCUT2D eigenvalue weighted by molar-refractivity contribution is 5.80. The van der Waals surface area contributed by atoms with Crippen molar-refractivity contribution in [3.63, 3.8) is 0 Å². The van der Waals surface area contributed by atoms with Crippen LogP contribution in [0.1, 0.15) is 46.1 Å². The molecule has 0 fully saturated rings. The van der Waals surface area contributed by atoms with E-state index >= 15 is 0 Å². The van der Waals surface area contributed by atoms with E-state index in [2.05, 4.69) is 50.5 Å². The molecule has 1 aromatic carbocycles. The summed E-state index contributed by atoms with van der Waals surface area (Å²) < 4.78 is 0. The third kappa shape index (κ3) is 5.77. The van der Waals surface area contributed by atoms with Gasteiger partial charge in [-0.05, 0) is 29.5 Å². The molecule has 106 valence electrons. The number of carbonyl (C=O) groups is 1. The molecule has 0 aliphatic heterocycles. The monoisotopic (exact) mass is 262 g/mol. The molecule has 1 aromatic rings. The van der Waals surface area contributed by atoms with Gasteiger partial charge in [-0.25, -0.2) is 0 Å². The lowest BCUT2D eigenvalue weighted by Crippen LogP contribution is -2.30. The molecule has 0 heterocycles. The van der Waals surface area contributed by atoms with Gasteiger partial charge in [-0.15, -0.1) is 0 Å². The first-order chi connectivity index (χ1) is 8.93. The molecule has 19 heavy (non-hydrogen) atoms. The Bertz CT molecular complexity index is 390. The van der Waals surface area contributed by atoms with E-state index in [1.807, 2.05) is 12.1 Å². The van der Waals surface area contributed by atoms with Gasteiger partial charge in [0.15, 0.2) is 0 Å². The van der Waals surface area contributed by atoms with Gasteiger partial charge in [0.05, 0.1) is 6.54 Å². The van der Waals surface area contributed by atoms with Crippen LogP contribution in [0, 0.1) is 0 Å². The van der Waals surface area contributed by atoms with Crippen molar-refractivity contribution in [3.05, 3.63) is 29.8 Å². The van der Waals surface area contributed by atoms with Crippen LogP contribution in [0.4, 0.5) is 5.69 Å². The van der Waals surface area contributed by atoms with Gasteiger partial charge in [-0.2, -0.15) is 0 Å². The van der Waals surface area contributed by atoms with E-state index in [0.717, 1.165) is 25.1 Å². The smallest absolute Gasteiger partial charge is 0.239 e. The van der Waals surface area contributed by atoms with Crippen LogP contribution in [0.5, 0.6) is 0 Å². The van der Waals surface area contributed by atoms with Gasteiger partial charge in [-0.3, -0.25) is 4.79 Å². The van der Waals surface area contributed by atoms with Crippen LogP contribution in [-0.2, 0) is 10.2 Å². The minimum atomic E-state index is 0.0494. The number of hydrogen-bond donors (Lipinski definition) is 2. The topological polar surface area (TPSA) is 41.1 Å². The Morgan fingerprint density at radius 1 is 1.16 bits per heavy atom. The Kier molecular flexibility index (Phi) is 5.87. The third-order valence-electron chi connectivity index (χ3n) is 3.06. The zero-order valence-electron chi connectivity index (χ0n) is 12.5. The normalized spacial score (nSPS) is 11.2. The standard InChI is InChI=1S/C16H26N2O/c1-5-6-11-17-15(19)12-18-14-9-7-13(8-10-14)16(2,3)4/h7-10,18H,5-6,11-12H2,1-4H3,(H,17,19). The maximum atomic E-state index is 11.5. The molecule has 3 heteroatoms. The van der Waals surface area contributed by atoms with Gasteiger partial charge in [0.25, 0.3) is 0 Å². The highest BCUT2D eigenvalue weighted by Gasteiger charge is 2.12.